The molecule has 0 aromatic carbocycles. The van der Waals surface area contributed by atoms with Gasteiger partial charge in [0.25, 0.3) is 0 Å². The Kier molecular flexibility index (Phi) is 1.63. The van der Waals surface area contributed by atoms with E-state index in [-0.39, 0.29) is 0 Å². The van der Waals surface area contributed by atoms with E-state index in [0.29, 0.717) is 0 Å². The van der Waals surface area contributed by atoms with Crippen molar-refractivity contribution in [1.29, 1.82) is 0 Å². The smallest absolute Gasteiger partial charge is 0.0549 e. The topological polar surface area (TPSA) is 12.9 Å². The molecule has 1 radical (unpaired) electrons. The molecule has 0 aliphatic carbocycles. The first-order chi connectivity index (χ1) is 3.80. The Morgan fingerprint density at radius 1 is 1.62 bits per heavy atom. The molecule has 0 N–H and O–H groups in total. The molecule has 0 spiro atoms. The Morgan fingerprint density at radius 3 is 2.75 bits per heavy atom. The predicted octanol–water partition coefficient (Wildman–Crippen LogP) is 2.03. The molecule has 0 aliphatic rings. The zero-order valence-corrected chi connectivity index (χ0v) is 5.85. The molecule has 1 aromatic rings. The highest BCUT2D eigenvalue weighted by atomic mass is 79.9. The Balaban J connectivity index is 3.13. The zero-order chi connectivity index (χ0) is 5.98. The summed E-state index contributed by atoms with van der Waals surface area (Å²) in [6.45, 7) is 3.66. The van der Waals surface area contributed by atoms with Crippen LogP contribution in [-0.2, 0) is 0 Å². The van der Waals surface area contributed by atoms with E-state index < -0.39 is 0 Å². The van der Waals surface area contributed by atoms with Gasteiger partial charge in [0, 0.05) is 10.7 Å². The molecule has 0 atom stereocenters. The van der Waals surface area contributed by atoms with Gasteiger partial charge < -0.3 is 0 Å². The number of rotatable bonds is 0. The fraction of sp³-hybridized carbons (Fsp3) is 0. The quantitative estimate of drug-likeness (QED) is 0.581. The second-order valence-corrected chi connectivity index (χ2v) is 2.29. The van der Waals surface area contributed by atoms with Crippen LogP contribution in [0, 0.1) is 6.92 Å². The summed E-state index contributed by atoms with van der Waals surface area (Å²) in [6, 6.07) is 3.77. The minimum absolute atomic E-state index is 0.785. The van der Waals surface area contributed by atoms with Gasteiger partial charge in [-0.25, -0.2) is 0 Å². The third kappa shape index (κ3) is 1.07. The summed E-state index contributed by atoms with van der Waals surface area (Å²) in [5.41, 5.74) is 0.785. The summed E-state index contributed by atoms with van der Waals surface area (Å²) in [4.78, 5) is 3.92. The van der Waals surface area contributed by atoms with Gasteiger partial charge in [0.05, 0.1) is 5.69 Å². The van der Waals surface area contributed by atoms with Gasteiger partial charge in [0.2, 0.25) is 0 Å². The molecule has 0 saturated carbocycles. The van der Waals surface area contributed by atoms with Crippen molar-refractivity contribution < 1.29 is 0 Å². The zero-order valence-electron chi connectivity index (χ0n) is 4.26. The first-order valence-electron chi connectivity index (χ1n) is 2.23. The summed E-state index contributed by atoms with van der Waals surface area (Å²) in [5, 5.41) is 0. The summed E-state index contributed by atoms with van der Waals surface area (Å²) < 4.78 is 0.958. The maximum Gasteiger partial charge on any atom is 0.0549 e. The van der Waals surface area contributed by atoms with Crippen LogP contribution in [0.2, 0.25) is 0 Å². The fourth-order valence-corrected chi connectivity index (χ4v) is 0.673. The first-order valence-corrected chi connectivity index (χ1v) is 3.02. The van der Waals surface area contributed by atoms with Gasteiger partial charge in [-0.3, -0.25) is 4.98 Å². The Hall–Kier alpha value is -0.370. The van der Waals surface area contributed by atoms with E-state index >= 15 is 0 Å². The van der Waals surface area contributed by atoms with E-state index in [2.05, 4.69) is 27.8 Å². The molecule has 0 amide bonds. The van der Waals surface area contributed by atoms with E-state index in [1.165, 1.54) is 0 Å². The first kappa shape index (κ1) is 5.76. The molecular weight excluding hydrogens is 166 g/mol. The highest BCUT2D eigenvalue weighted by molar-refractivity contribution is 9.10. The van der Waals surface area contributed by atoms with E-state index in [4.69, 9.17) is 0 Å². The second kappa shape index (κ2) is 2.27. The molecule has 41 valence electrons. The number of hydrogen-bond donors (Lipinski definition) is 0. The van der Waals surface area contributed by atoms with Crippen LogP contribution in [-0.4, -0.2) is 4.98 Å². The number of pyridine rings is 1. The number of nitrogens with zero attached hydrogens (tertiary/aromatic N) is 1. The van der Waals surface area contributed by atoms with Crippen molar-refractivity contribution in [2.24, 2.45) is 0 Å². The number of hydrogen-bond acceptors (Lipinski definition) is 1. The Labute approximate surface area is 56.9 Å². The van der Waals surface area contributed by atoms with Crippen molar-refractivity contribution in [2.45, 2.75) is 0 Å². The molecule has 8 heavy (non-hydrogen) atoms. The van der Waals surface area contributed by atoms with E-state index in [1.807, 2.05) is 12.1 Å². The van der Waals surface area contributed by atoms with E-state index in [1.54, 1.807) is 6.20 Å². The van der Waals surface area contributed by atoms with Gasteiger partial charge in [-0.2, -0.15) is 0 Å². The van der Waals surface area contributed by atoms with Crippen LogP contribution in [0.4, 0.5) is 0 Å². The number of aromatic nitrogens is 1. The predicted molar refractivity (Wildman–Crippen MR) is 36.4 cm³/mol. The lowest BCUT2D eigenvalue weighted by atomic mass is 10.4. The maximum absolute atomic E-state index is 3.92. The van der Waals surface area contributed by atoms with Crippen LogP contribution >= 0.6 is 15.9 Å². The normalized spacial score (nSPS) is 9.25. The molecule has 1 aromatic heterocycles. The monoisotopic (exact) mass is 170 g/mol. The van der Waals surface area contributed by atoms with Crippen molar-refractivity contribution in [3.05, 3.63) is 35.4 Å². The molecule has 0 aliphatic heterocycles. The van der Waals surface area contributed by atoms with Crippen LogP contribution in [0.15, 0.2) is 22.8 Å². The highest BCUT2D eigenvalue weighted by Gasteiger charge is 1.87. The molecule has 1 heterocycles. The molecule has 0 unspecified atom stereocenters. The minimum Gasteiger partial charge on any atom is -0.260 e. The average Bonchev–Trinajstić information content (AvgIpc) is 1.77. The lowest BCUT2D eigenvalue weighted by molar-refractivity contribution is 1.25. The van der Waals surface area contributed by atoms with Crippen molar-refractivity contribution >= 4 is 15.9 Å². The van der Waals surface area contributed by atoms with E-state index in [0.717, 1.165) is 10.2 Å². The number of halogens is 1. The molecule has 0 saturated heterocycles. The summed E-state index contributed by atoms with van der Waals surface area (Å²) in [7, 11) is 0. The third-order valence-electron chi connectivity index (χ3n) is 0.835. The van der Waals surface area contributed by atoms with Gasteiger partial charge in [0.15, 0.2) is 0 Å². The van der Waals surface area contributed by atoms with Gasteiger partial charge in [-0.1, -0.05) is 0 Å². The third-order valence-corrected chi connectivity index (χ3v) is 1.56. The molecule has 2 heteroatoms. The minimum atomic E-state index is 0.785. The van der Waals surface area contributed by atoms with Gasteiger partial charge >= 0.3 is 0 Å². The van der Waals surface area contributed by atoms with Crippen molar-refractivity contribution in [3.8, 4) is 0 Å². The van der Waals surface area contributed by atoms with E-state index in [9.17, 15) is 0 Å². The van der Waals surface area contributed by atoms with Gasteiger partial charge in [0.1, 0.15) is 0 Å². The maximum atomic E-state index is 3.92. The lowest BCUT2D eigenvalue weighted by Crippen LogP contribution is -1.77. The summed E-state index contributed by atoms with van der Waals surface area (Å²) in [6.07, 6.45) is 1.72. The molecule has 1 rings (SSSR count). The van der Waals surface area contributed by atoms with Crippen molar-refractivity contribution in [3.63, 3.8) is 0 Å². The fourth-order valence-electron chi connectivity index (χ4n) is 0.418. The molecule has 1 nitrogen and oxygen atoms in total. The van der Waals surface area contributed by atoms with Crippen molar-refractivity contribution in [2.75, 3.05) is 0 Å². The lowest BCUT2D eigenvalue weighted by Gasteiger charge is -1.90. The Morgan fingerprint density at radius 2 is 2.38 bits per heavy atom. The summed E-state index contributed by atoms with van der Waals surface area (Å²) in [5.74, 6) is 0. The van der Waals surface area contributed by atoms with Crippen LogP contribution in [0.5, 0.6) is 0 Å². The van der Waals surface area contributed by atoms with Crippen LogP contribution in [0.3, 0.4) is 0 Å². The van der Waals surface area contributed by atoms with Crippen LogP contribution in [0.25, 0.3) is 0 Å². The standard InChI is InChI=1S/C6H5BrN/c1-5-6(7)3-2-4-8-5/h2-4H,1H2. The molecule has 0 fully saturated rings. The van der Waals surface area contributed by atoms with Gasteiger partial charge in [-0.15, -0.1) is 0 Å². The largest absolute Gasteiger partial charge is 0.260 e. The second-order valence-electron chi connectivity index (χ2n) is 1.43. The Bertz CT molecular complexity index is 165. The molecular formula is C6H5BrN. The highest BCUT2D eigenvalue weighted by Crippen LogP contribution is 2.10. The summed E-state index contributed by atoms with van der Waals surface area (Å²) >= 11 is 3.27. The SMILES string of the molecule is [CH2]c1ncccc1Br. The van der Waals surface area contributed by atoms with Crippen LogP contribution < -0.4 is 0 Å². The van der Waals surface area contributed by atoms with Crippen molar-refractivity contribution in [1.82, 2.24) is 4.98 Å². The van der Waals surface area contributed by atoms with Crippen LogP contribution in [0.1, 0.15) is 5.69 Å². The average molecular weight is 171 g/mol. The van der Waals surface area contributed by atoms with Gasteiger partial charge in [-0.05, 0) is 35.0 Å². The molecule has 0 bridgehead atoms.